The summed E-state index contributed by atoms with van der Waals surface area (Å²) in [6.07, 6.45) is 0.932. The molecule has 0 spiro atoms. The Morgan fingerprint density at radius 3 is 2.62 bits per heavy atom. The lowest BCUT2D eigenvalue weighted by Crippen LogP contribution is -2.44. The molecule has 4 rings (SSSR count). The zero-order chi connectivity index (χ0) is 20.2. The third-order valence-corrected chi connectivity index (χ3v) is 6.36. The minimum Gasteiger partial charge on any atom is -0.369 e. The molecule has 0 radical (unpaired) electrons. The second kappa shape index (κ2) is 8.80. The molecule has 2 aromatic heterocycles. The summed E-state index contributed by atoms with van der Waals surface area (Å²) in [7, 11) is 2.17. The molecule has 1 aromatic carbocycles. The first-order chi connectivity index (χ1) is 14.1. The standard InChI is InChI=1S/C22H27N5OS/c1-3-10-23-22(28)21-9-8-20(29-21)19-15-18(24-25-19)16-4-6-17(7-5-16)27-13-11-26(2)12-14-27/h4-9,15H,3,10-14H2,1-2H3,(H,23,28)(H,24,25). The van der Waals surface area contributed by atoms with Gasteiger partial charge in [-0.25, -0.2) is 0 Å². The average molecular weight is 410 g/mol. The van der Waals surface area contributed by atoms with Crippen LogP contribution in [0.5, 0.6) is 0 Å². The van der Waals surface area contributed by atoms with Gasteiger partial charge in [-0.05, 0) is 43.8 Å². The number of amides is 1. The van der Waals surface area contributed by atoms with Gasteiger partial charge in [-0.3, -0.25) is 9.89 Å². The highest BCUT2D eigenvalue weighted by atomic mass is 32.1. The van der Waals surface area contributed by atoms with Gasteiger partial charge in [-0.2, -0.15) is 5.10 Å². The molecule has 0 bridgehead atoms. The minimum atomic E-state index is -0.0117. The molecule has 29 heavy (non-hydrogen) atoms. The maximum absolute atomic E-state index is 12.1. The third kappa shape index (κ3) is 4.52. The van der Waals surface area contributed by atoms with Crippen molar-refractivity contribution < 1.29 is 4.79 Å². The van der Waals surface area contributed by atoms with Crippen LogP contribution in [0, 0.1) is 0 Å². The number of rotatable bonds is 6. The van der Waals surface area contributed by atoms with E-state index >= 15 is 0 Å². The number of likely N-dealkylation sites (N-methyl/N-ethyl adjacent to an activating group) is 1. The largest absolute Gasteiger partial charge is 0.369 e. The fourth-order valence-corrected chi connectivity index (χ4v) is 4.32. The van der Waals surface area contributed by atoms with Crippen LogP contribution in [0.15, 0.2) is 42.5 Å². The summed E-state index contributed by atoms with van der Waals surface area (Å²) in [6.45, 7) is 7.08. The van der Waals surface area contributed by atoms with E-state index in [1.54, 1.807) is 0 Å². The highest BCUT2D eigenvalue weighted by Gasteiger charge is 2.15. The predicted octanol–water partition coefficient (Wildman–Crippen LogP) is 3.70. The van der Waals surface area contributed by atoms with Crippen LogP contribution in [0.1, 0.15) is 23.0 Å². The van der Waals surface area contributed by atoms with Gasteiger partial charge >= 0.3 is 0 Å². The monoisotopic (exact) mass is 409 g/mol. The molecule has 0 aliphatic carbocycles. The van der Waals surface area contributed by atoms with Gasteiger partial charge in [-0.15, -0.1) is 11.3 Å². The van der Waals surface area contributed by atoms with E-state index in [2.05, 4.69) is 56.6 Å². The molecular weight excluding hydrogens is 382 g/mol. The van der Waals surface area contributed by atoms with Crippen LogP contribution in [0.25, 0.3) is 21.8 Å². The number of carbonyl (C=O) groups excluding carboxylic acids is 1. The molecule has 1 saturated heterocycles. The Balaban J connectivity index is 1.45. The summed E-state index contributed by atoms with van der Waals surface area (Å²) in [5, 5.41) is 10.5. The Hall–Kier alpha value is -2.64. The topological polar surface area (TPSA) is 64.3 Å². The van der Waals surface area contributed by atoms with Gasteiger partial charge < -0.3 is 15.1 Å². The van der Waals surface area contributed by atoms with Gasteiger partial charge in [-0.1, -0.05) is 19.1 Å². The number of piperazine rings is 1. The first kappa shape index (κ1) is 19.7. The number of hydrogen-bond donors (Lipinski definition) is 2. The van der Waals surface area contributed by atoms with Crippen LogP contribution in [0.2, 0.25) is 0 Å². The van der Waals surface area contributed by atoms with Crippen molar-refractivity contribution >= 4 is 22.9 Å². The molecular formula is C22H27N5OS. The normalized spacial score (nSPS) is 14.9. The smallest absolute Gasteiger partial charge is 0.261 e. The summed E-state index contributed by atoms with van der Waals surface area (Å²) in [5.41, 5.74) is 4.19. The molecule has 3 heterocycles. The Labute approximate surface area is 175 Å². The second-order valence-corrected chi connectivity index (χ2v) is 8.51. The average Bonchev–Trinajstić information content (AvgIpc) is 3.42. The SMILES string of the molecule is CCCNC(=O)c1ccc(-c2cc(-c3ccc(N4CCN(C)CC4)cc3)n[nH]2)s1. The predicted molar refractivity (Wildman–Crippen MR) is 120 cm³/mol. The lowest BCUT2D eigenvalue weighted by molar-refractivity contribution is 0.0957. The molecule has 0 saturated carbocycles. The van der Waals surface area contributed by atoms with Gasteiger partial charge in [0.05, 0.1) is 21.1 Å². The van der Waals surface area contributed by atoms with E-state index < -0.39 is 0 Å². The number of anilines is 1. The van der Waals surface area contributed by atoms with E-state index in [-0.39, 0.29) is 5.91 Å². The summed E-state index contributed by atoms with van der Waals surface area (Å²) in [5.74, 6) is -0.0117. The lowest BCUT2D eigenvalue weighted by Gasteiger charge is -2.34. The van der Waals surface area contributed by atoms with Crippen molar-refractivity contribution in [1.82, 2.24) is 20.4 Å². The molecule has 152 valence electrons. The first-order valence-corrected chi connectivity index (χ1v) is 10.9. The van der Waals surface area contributed by atoms with E-state index in [1.165, 1.54) is 17.0 Å². The van der Waals surface area contributed by atoms with Gasteiger partial charge in [0.2, 0.25) is 0 Å². The minimum absolute atomic E-state index is 0.0117. The number of nitrogens with zero attached hydrogens (tertiary/aromatic N) is 3. The molecule has 1 aliphatic heterocycles. The molecule has 2 N–H and O–H groups in total. The zero-order valence-electron chi connectivity index (χ0n) is 16.9. The number of nitrogens with one attached hydrogen (secondary N) is 2. The summed E-state index contributed by atoms with van der Waals surface area (Å²) in [4.78, 5) is 18.6. The molecule has 0 atom stereocenters. The summed E-state index contributed by atoms with van der Waals surface area (Å²) >= 11 is 1.48. The van der Waals surface area contributed by atoms with Gasteiger partial charge in [0.1, 0.15) is 0 Å². The Bertz CT molecular complexity index is 954. The van der Waals surface area contributed by atoms with Crippen molar-refractivity contribution in [3.05, 3.63) is 47.3 Å². The van der Waals surface area contributed by atoms with Crippen molar-refractivity contribution in [2.75, 3.05) is 44.7 Å². The van der Waals surface area contributed by atoms with Crippen LogP contribution < -0.4 is 10.2 Å². The van der Waals surface area contributed by atoms with Crippen LogP contribution in [-0.2, 0) is 0 Å². The maximum atomic E-state index is 12.1. The second-order valence-electron chi connectivity index (χ2n) is 7.42. The molecule has 6 nitrogen and oxygen atoms in total. The van der Waals surface area contributed by atoms with E-state index in [4.69, 9.17) is 0 Å². The Morgan fingerprint density at radius 1 is 1.14 bits per heavy atom. The summed E-state index contributed by atoms with van der Waals surface area (Å²) < 4.78 is 0. The fourth-order valence-electron chi connectivity index (χ4n) is 3.43. The van der Waals surface area contributed by atoms with Crippen LogP contribution in [0.4, 0.5) is 5.69 Å². The van der Waals surface area contributed by atoms with Crippen molar-refractivity contribution in [3.8, 4) is 21.8 Å². The van der Waals surface area contributed by atoms with Crippen molar-refractivity contribution in [3.63, 3.8) is 0 Å². The number of benzene rings is 1. The highest BCUT2D eigenvalue weighted by Crippen LogP contribution is 2.30. The number of H-pyrrole nitrogens is 1. The molecule has 0 unspecified atom stereocenters. The van der Waals surface area contributed by atoms with Gasteiger partial charge in [0.15, 0.2) is 0 Å². The lowest BCUT2D eigenvalue weighted by atomic mass is 10.1. The van der Waals surface area contributed by atoms with Crippen molar-refractivity contribution in [2.45, 2.75) is 13.3 Å². The quantitative estimate of drug-likeness (QED) is 0.652. The Morgan fingerprint density at radius 2 is 1.90 bits per heavy atom. The van der Waals surface area contributed by atoms with Crippen molar-refractivity contribution in [1.29, 1.82) is 0 Å². The van der Waals surface area contributed by atoms with E-state index in [0.29, 0.717) is 6.54 Å². The number of aromatic nitrogens is 2. The van der Waals surface area contributed by atoms with Crippen LogP contribution in [-0.4, -0.2) is 60.8 Å². The number of carbonyl (C=O) groups is 1. The molecule has 1 amide bonds. The molecule has 3 aromatic rings. The van der Waals surface area contributed by atoms with Crippen molar-refractivity contribution in [2.24, 2.45) is 0 Å². The Kier molecular flexibility index (Phi) is 5.97. The highest BCUT2D eigenvalue weighted by molar-refractivity contribution is 7.17. The van der Waals surface area contributed by atoms with Gasteiger partial charge in [0, 0.05) is 44.0 Å². The van der Waals surface area contributed by atoms with E-state index in [9.17, 15) is 4.79 Å². The first-order valence-electron chi connectivity index (χ1n) is 10.1. The third-order valence-electron chi connectivity index (χ3n) is 5.24. The fraction of sp³-hybridized carbons (Fsp3) is 0.364. The van der Waals surface area contributed by atoms with E-state index in [1.807, 2.05) is 25.1 Å². The van der Waals surface area contributed by atoms with E-state index in [0.717, 1.165) is 59.3 Å². The molecule has 1 fully saturated rings. The number of aromatic amines is 1. The molecule has 7 heteroatoms. The molecule has 1 aliphatic rings. The maximum Gasteiger partial charge on any atom is 0.261 e. The van der Waals surface area contributed by atoms with Crippen LogP contribution in [0.3, 0.4) is 0 Å². The summed E-state index contributed by atoms with van der Waals surface area (Å²) in [6, 6.07) is 14.5. The number of thiophene rings is 1. The van der Waals surface area contributed by atoms with Crippen LogP contribution >= 0.6 is 11.3 Å². The van der Waals surface area contributed by atoms with Gasteiger partial charge in [0.25, 0.3) is 5.91 Å². The zero-order valence-corrected chi connectivity index (χ0v) is 17.8. The number of hydrogen-bond acceptors (Lipinski definition) is 5.